The predicted octanol–water partition coefficient (Wildman–Crippen LogP) is 3.20. The maximum atomic E-state index is 13.3. The van der Waals surface area contributed by atoms with Crippen LogP contribution in [0.3, 0.4) is 0 Å². The molecule has 0 amide bonds. The summed E-state index contributed by atoms with van der Waals surface area (Å²) in [4.78, 5) is 32.0. The maximum Gasteiger partial charge on any atom is 0.278 e. The summed E-state index contributed by atoms with van der Waals surface area (Å²) in [7, 11) is 2.17. The molecular weight excluding hydrogens is 492 g/mol. The van der Waals surface area contributed by atoms with E-state index in [0.717, 1.165) is 37.3 Å². The molecule has 2 atom stereocenters. The number of likely N-dealkylation sites (N-methyl/N-ethyl adjacent to an activating group) is 1. The first-order valence-corrected chi connectivity index (χ1v) is 13.4. The van der Waals surface area contributed by atoms with Gasteiger partial charge in [0.1, 0.15) is 11.0 Å². The standard InChI is InChI=1S/C29H34N8O2/c1-5-14-36-27(38)23-17-30-28(31-21-7-9-22(10-8-21)35-16-15-34(4)19(2)18-35)33-26(23)37(36)24-11-6-20-12-13-29(3,39)25(20)32-24/h5-11,17,19,39H,1,12-16,18H2,2-4H3,(H,30,31,33)/t19-,29?/m1/s1. The van der Waals surface area contributed by atoms with E-state index < -0.39 is 5.60 Å². The Morgan fingerprint density at radius 1 is 1.18 bits per heavy atom. The second kappa shape index (κ2) is 9.62. The summed E-state index contributed by atoms with van der Waals surface area (Å²) in [5, 5.41) is 14.5. The van der Waals surface area contributed by atoms with Crippen LogP contribution >= 0.6 is 0 Å². The van der Waals surface area contributed by atoms with Crippen molar-refractivity contribution in [2.45, 2.75) is 44.9 Å². The van der Waals surface area contributed by atoms with Gasteiger partial charge in [0.05, 0.1) is 12.2 Å². The number of aliphatic hydroxyl groups is 1. The van der Waals surface area contributed by atoms with Crippen molar-refractivity contribution in [3.05, 3.63) is 76.9 Å². The zero-order valence-corrected chi connectivity index (χ0v) is 22.6. The molecule has 1 unspecified atom stereocenters. The smallest absolute Gasteiger partial charge is 0.278 e. The summed E-state index contributed by atoms with van der Waals surface area (Å²) < 4.78 is 3.24. The number of allylic oxidation sites excluding steroid dienone is 1. The first-order valence-electron chi connectivity index (χ1n) is 13.4. The highest BCUT2D eigenvalue weighted by atomic mass is 16.3. The molecule has 0 radical (unpaired) electrons. The molecule has 10 nitrogen and oxygen atoms in total. The molecule has 1 aliphatic heterocycles. The number of nitrogens with one attached hydrogen (secondary N) is 1. The summed E-state index contributed by atoms with van der Waals surface area (Å²) in [5.74, 6) is 0.890. The molecule has 6 rings (SSSR count). The van der Waals surface area contributed by atoms with Gasteiger partial charge in [-0.05, 0) is 69.6 Å². The lowest BCUT2D eigenvalue weighted by Crippen LogP contribution is -2.50. The van der Waals surface area contributed by atoms with E-state index in [9.17, 15) is 9.90 Å². The van der Waals surface area contributed by atoms with Gasteiger partial charge in [-0.15, -0.1) is 6.58 Å². The van der Waals surface area contributed by atoms with Gasteiger partial charge in [0, 0.05) is 43.2 Å². The van der Waals surface area contributed by atoms with Crippen molar-refractivity contribution in [3.8, 4) is 5.82 Å². The number of piperazine rings is 1. The highest BCUT2D eigenvalue weighted by Crippen LogP contribution is 2.35. The second-order valence-electron chi connectivity index (χ2n) is 10.8. The van der Waals surface area contributed by atoms with Gasteiger partial charge in [-0.2, -0.15) is 4.98 Å². The third-order valence-electron chi connectivity index (χ3n) is 8.00. The maximum absolute atomic E-state index is 13.3. The Morgan fingerprint density at radius 2 is 1.97 bits per heavy atom. The van der Waals surface area contributed by atoms with Crippen molar-refractivity contribution >= 4 is 28.4 Å². The summed E-state index contributed by atoms with van der Waals surface area (Å²) in [5.41, 5.74) is 2.90. The quantitative estimate of drug-likeness (QED) is 0.369. The molecule has 1 aliphatic carbocycles. The number of anilines is 3. The van der Waals surface area contributed by atoms with Crippen molar-refractivity contribution in [2.75, 3.05) is 36.9 Å². The van der Waals surface area contributed by atoms with E-state index in [1.54, 1.807) is 28.6 Å². The Bertz CT molecular complexity index is 1600. The van der Waals surface area contributed by atoms with Crippen molar-refractivity contribution in [1.29, 1.82) is 0 Å². The number of aromatic nitrogens is 5. The fraction of sp³-hybridized carbons (Fsp3) is 0.379. The Hall–Kier alpha value is -4.02. The molecule has 2 aliphatic rings. The number of rotatable bonds is 6. The minimum absolute atomic E-state index is 0.226. The van der Waals surface area contributed by atoms with E-state index in [2.05, 4.69) is 52.8 Å². The minimum Gasteiger partial charge on any atom is -0.384 e. The number of hydrogen-bond acceptors (Lipinski definition) is 8. The van der Waals surface area contributed by atoms with Crippen LogP contribution in [-0.2, 0) is 18.6 Å². The minimum atomic E-state index is -1.01. The Kier molecular flexibility index (Phi) is 6.23. The second-order valence-corrected chi connectivity index (χ2v) is 10.8. The molecule has 2 N–H and O–H groups in total. The van der Waals surface area contributed by atoms with Crippen molar-refractivity contribution < 1.29 is 5.11 Å². The summed E-state index contributed by atoms with van der Waals surface area (Å²) in [6.07, 6.45) is 4.60. The molecule has 0 saturated carbocycles. The number of pyridine rings is 1. The number of fused-ring (bicyclic) bond motifs is 2. The van der Waals surface area contributed by atoms with Crippen molar-refractivity contribution in [2.24, 2.45) is 0 Å². The fourth-order valence-electron chi connectivity index (χ4n) is 5.54. The number of aryl methyl sites for hydroxylation is 1. The molecule has 0 spiro atoms. The first-order chi connectivity index (χ1) is 18.7. The molecule has 4 aromatic rings. The molecule has 1 aromatic carbocycles. The van der Waals surface area contributed by atoms with Crippen LogP contribution in [0, 0.1) is 0 Å². The lowest BCUT2D eigenvalue weighted by molar-refractivity contribution is 0.0553. The van der Waals surface area contributed by atoms with Gasteiger partial charge < -0.3 is 20.2 Å². The van der Waals surface area contributed by atoms with E-state index in [-0.39, 0.29) is 12.1 Å². The average molecular weight is 527 g/mol. The van der Waals surface area contributed by atoms with E-state index in [1.807, 2.05) is 24.3 Å². The van der Waals surface area contributed by atoms with Crippen LogP contribution in [-0.4, -0.2) is 67.0 Å². The fourth-order valence-corrected chi connectivity index (χ4v) is 5.54. The van der Waals surface area contributed by atoms with Gasteiger partial charge in [0.15, 0.2) is 11.5 Å². The van der Waals surface area contributed by atoms with E-state index in [1.165, 1.54) is 5.69 Å². The highest BCUT2D eigenvalue weighted by Gasteiger charge is 2.34. The first kappa shape index (κ1) is 25.3. The molecule has 1 saturated heterocycles. The van der Waals surface area contributed by atoms with Gasteiger partial charge in [-0.3, -0.25) is 4.79 Å². The van der Waals surface area contributed by atoms with Gasteiger partial charge in [0.2, 0.25) is 5.95 Å². The Balaban J connectivity index is 1.34. The van der Waals surface area contributed by atoms with Crippen LogP contribution < -0.4 is 15.8 Å². The largest absolute Gasteiger partial charge is 0.384 e. The summed E-state index contributed by atoms with van der Waals surface area (Å²) >= 11 is 0. The van der Waals surface area contributed by atoms with Gasteiger partial charge in [-0.25, -0.2) is 19.3 Å². The predicted molar refractivity (Wildman–Crippen MR) is 153 cm³/mol. The monoisotopic (exact) mass is 526 g/mol. The van der Waals surface area contributed by atoms with E-state index in [0.29, 0.717) is 41.0 Å². The molecule has 1 fully saturated rings. The zero-order valence-electron chi connectivity index (χ0n) is 22.6. The van der Waals surface area contributed by atoms with Gasteiger partial charge in [0.25, 0.3) is 5.56 Å². The normalized spacial score (nSPS) is 21.3. The van der Waals surface area contributed by atoms with Crippen LogP contribution in [0.5, 0.6) is 0 Å². The third kappa shape index (κ3) is 4.49. The molecular formula is C29H34N8O2. The molecule has 10 heteroatoms. The molecule has 39 heavy (non-hydrogen) atoms. The number of benzene rings is 1. The molecule has 202 valence electrons. The molecule has 3 aromatic heterocycles. The van der Waals surface area contributed by atoms with Crippen LogP contribution in [0.4, 0.5) is 17.3 Å². The lowest BCUT2D eigenvalue weighted by Gasteiger charge is -2.39. The van der Waals surface area contributed by atoms with Crippen LogP contribution in [0.1, 0.15) is 31.5 Å². The van der Waals surface area contributed by atoms with Gasteiger partial charge >= 0.3 is 0 Å². The lowest BCUT2D eigenvalue weighted by atomic mass is 10.0. The molecule has 0 bridgehead atoms. The molecule has 4 heterocycles. The van der Waals surface area contributed by atoms with Gasteiger partial charge in [-0.1, -0.05) is 12.1 Å². The SMILES string of the molecule is C=CCn1c(=O)c2cnc(Nc3ccc(N4CCN(C)[C@H](C)C4)cc3)nc2n1-c1ccc2c(n1)C(C)(O)CC2. The number of hydrogen-bond donors (Lipinski definition) is 2. The summed E-state index contributed by atoms with van der Waals surface area (Å²) in [6, 6.07) is 12.6. The summed E-state index contributed by atoms with van der Waals surface area (Å²) in [6.45, 7) is 11.2. The average Bonchev–Trinajstić information content (AvgIpc) is 3.38. The highest BCUT2D eigenvalue weighted by molar-refractivity contribution is 5.77. The van der Waals surface area contributed by atoms with Crippen LogP contribution in [0.2, 0.25) is 0 Å². The Morgan fingerprint density at radius 3 is 2.72 bits per heavy atom. The third-order valence-corrected chi connectivity index (χ3v) is 8.00. The van der Waals surface area contributed by atoms with Crippen LogP contribution in [0.25, 0.3) is 16.9 Å². The van der Waals surface area contributed by atoms with Crippen molar-refractivity contribution in [3.63, 3.8) is 0 Å². The Labute approximate surface area is 227 Å². The van der Waals surface area contributed by atoms with E-state index in [4.69, 9.17) is 9.97 Å². The topological polar surface area (TPSA) is 104 Å². The van der Waals surface area contributed by atoms with Crippen LogP contribution in [0.15, 0.2) is 60.0 Å². The van der Waals surface area contributed by atoms with Crippen molar-refractivity contribution in [1.82, 2.24) is 29.2 Å². The van der Waals surface area contributed by atoms with E-state index >= 15 is 0 Å². The number of nitrogens with zero attached hydrogens (tertiary/aromatic N) is 7. The zero-order chi connectivity index (χ0) is 27.3.